The molecule has 5 heteroatoms. The molecule has 0 bridgehead atoms. The van der Waals surface area contributed by atoms with Crippen LogP contribution in [0.1, 0.15) is 20.8 Å². The molecule has 0 N–H and O–H groups in total. The van der Waals surface area contributed by atoms with E-state index < -0.39 is 8.56 Å². The molecule has 0 fully saturated rings. The molecular weight excluding hydrogens is 204 g/mol. The quantitative estimate of drug-likeness (QED) is 0.508. The van der Waals surface area contributed by atoms with E-state index >= 15 is 0 Å². The Labute approximate surface area is 86.6 Å². The third-order valence-electron chi connectivity index (χ3n) is 1.44. The Morgan fingerprint density at radius 3 is 2.00 bits per heavy atom. The Morgan fingerprint density at radius 2 is 1.69 bits per heavy atom. The van der Waals surface area contributed by atoms with Gasteiger partial charge in [0.1, 0.15) is 6.23 Å². The lowest BCUT2D eigenvalue weighted by Gasteiger charge is -2.25. The number of hydrogen-bond acceptors (Lipinski definition) is 4. The molecule has 0 aliphatic carbocycles. The molecule has 78 valence electrons. The fraction of sp³-hybridized carbons (Fsp3) is 0.875. The zero-order valence-electron chi connectivity index (χ0n) is 8.75. The molecular formula is C8H18O3SSi. The summed E-state index contributed by atoms with van der Waals surface area (Å²) in [6.45, 7) is 8.95. The van der Waals surface area contributed by atoms with E-state index in [1.165, 1.54) is 0 Å². The minimum atomic E-state index is -2.12. The van der Waals surface area contributed by atoms with Gasteiger partial charge in [-0.25, -0.2) is 0 Å². The van der Waals surface area contributed by atoms with E-state index in [9.17, 15) is 0 Å². The van der Waals surface area contributed by atoms with E-state index in [1.807, 2.05) is 20.4 Å². The van der Waals surface area contributed by atoms with Gasteiger partial charge in [0.05, 0.1) is 0 Å². The molecule has 0 aromatic heterocycles. The van der Waals surface area contributed by atoms with Crippen molar-refractivity contribution < 1.29 is 13.6 Å². The van der Waals surface area contributed by atoms with Gasteiger partial charge in [0.25, 0.3) is 0 Å². The Balaban J connectivity index is 3.98. The molecule has 13 heavy (non-hydrogen) atoms. The van der Waals surface area contributed by atoms with E-state index in [1.54, 1.807) is 6.92 Å². The van der Waals surface area contributed by atoms with Crippen LogP contribution in [0, 0.1) is 0 Å². The van der Waals surface area contributed by atoms with Crippen LogP contribution in [0.4, 0.5) is 0 Å². The fourth-order valence-corrected chi connectivity index (χ4v) is 3.08. The normalized spacial score (nSPS) is 11.4. The molecule has 0 saturated heterocycles. The van der Waals surface area contributed by atoms with Crippen LogP contribution in [0.15, 0.2) is 0 Å². The van der Waals surface area contributed by atoms with Gasteiger partial charge >= 0.3 is 8.56 Å². The minimum absolute atomic E-state index is 0.476. The smallest absolute Gasteiger partial charge is 0.373 e. The van der Waals surface area contributed by atoms with Crippen LogP contribution in [-0.2, 0) is 13.6 Å². The Kier molecular flexibility index (Phi) is 6.49. The predicted octanol–water partition coefficient (Wildman–Crippen LogP) is 2.03. The molecule has 0 aliphatic rings. The van der Waals surface area contributed by atoms with Crippen LogP contribution in [0.2, 0.25) is 6.55 Å². The van der Waals surface area contributed by atoms with E-state index in [4.69, 9.17) is 25.8 Å². The molecule has 0 spiro atoms. The van der Waals surface area contributed by atoms with Crippen molar-refractivity contribution in [3.63, 3.8) is 0 Å². The number of hydrogen-bond donors (Lipinski definition) is 0. The number of ether oxygens (including phenoxy) is 1. The summed E-state index contributed by atoms with van der Waals surface area (Å²) in [7, 11) is -2.12. The van der Waals surface area contributed by atoms with Crippen molar-refractivity contribution in [1.82, 2.24) is 0 Å². The van der Waals surface area contributed by atoms with Crippen molar-refractivity contribution in [2.75, 3.05) is 19.4 Å². The average molecular weight is 222 g/mol. The van der Waals surface area contributed by atoms with Crippen LogP contribution >= 0.6 is 12.2 Å². The first kappa shape index (κ1) is 13.0. The molecule has 3 nitrogen and oxygen atoms in total. The molecule has 0 amide bonds. The summed E-state index contributed by atoms with van der Waals surface area (Å²) in [5, 5.41) is 0.540. The maximum Gasteiger partial charge on any atom is 0.373 e. The topological polar surface area (TPSA) is 27.7 Å². The molecule has 0 radical (unpaired) electrons. The second-order valence-electron chi connectivity index (χ2n) is 2.78. The first-order chi connectivity index (χ1) is 6.04. The number of rotatable bonds is 6. The lowest BCUT2D eigenvalue weighted by atomic mass is 10.9. The van der Waals surface area contributed by atoms with Gasteiger partial charge in [-0.3, -0.25) is 0 Å². The summed E-state index contributed by atoms with van der Waals surface area (Å²) in [5.41, 5.74) is 0. The third kappa shape index (κ3) is 6.15. The molecule has 0 rings (SSSR count). The van der Waals surface area contributed by atoms with Gasteiger partial charge in [-0.05, 0) is 32.6 Å². The molecule has 0 heterocycles. The van der Waals surface area contributed by atoms with Gasteiger partial charge in [0.2, 0.25) is 0 Å². The maximum absolute atomic E-state index is 5.55. The van der Waals surface area contributed by atoms with Gasteiger partial charge in [0.15, 0.2) is 5.05 Å². The highest BCUT2D eigenvalue weighted by Gasteiger charge is 2.32. The second kappa shape index (κ2) is 6.48. The van der Waals surface area contributed by atoms with Crippen molar-refractivity contribution in [2.45, 2.75) is 27.3 Å². The third-order valence-corrected chi connectivity index (χ3v) is 4.02. The van der Waals surface area contributed by atoms with E-state index in [0.717, 1.165) is 0 Å². The van der Waals surface area contributed by atoms with Crippen molar-refractivity contribution in [1.29, 1.82) is 0 Å². The lowest BCUT2D eigenvalue weighted by Crippen LogP contribution is -2.44. The summed E-state index contributed by atoms with van der Waals surface area (Å²) in [4.78, 5) is 0. The average Bonchev–Trinajstić information content (AvgIpc) is 2.02. The summed E-state index contributed by atoms with van der Waals surface area (Å²) < 4.78 is 16.4. The predicted molar refractivity (Wildman–Crippen MR) is 59.1 cm³/mol. The summed E-state index contributed by atoms with van der Waals surface area (Å²) in [6.07, 6.45) is 0.476. The van der Waals surface area contributed by atoms with Crippen molar-refractivity contribution in [2.24, 2.45) is 0 Å². The van der Waals surface area contributed by atoms with Crippen LogP contribution in [0.25, 0.3) is 0 Å². The van der Waals surface area contributed by atoms with Gasteiger partial charge < -0.3 is 13.6 Å². The summed E-state index contributed by atoms with van der Waals surface area (Å²) >= 11 is 4.82. The Morgan fingerprint density at radius 1 is 1.23 bits per heavy atom. The molecule has 0 saturated carbocycles. The first-order valence-corrected chi connectivity index (χ1v) is 7.38. The maximum atomic E-state index is 5.55. The lowest BCUT2D eigenvalue weighted by molar-refractivity contribution is 0.162. The fourth-order valence-electron chi connectivity index (χ4n) is 0.968. The molecule has 0 atom stereocenters. The van der Waals surface area contributed by atoms with Crippen LogP contribution < -0.4 is 0 Å². The van der Waals surface area contributed by atoms with E-state index in [0.29, 0.717) is 24.5 Å². The Bertz CT molecular complexity index is 157. The highest BCUT2D eigenvalue weighted by atomic mass is 32.1. The monoisotopic (exact) mass is 222 g/mol. The van der Waals surface area contributed by atoms with Crippen molar-refractivity contribution in [3.05, 3.63) is 0 Å². The van der Waals surface area contributed by atoms with Crippen LogP contribution in [0.5, 0.6) is 0 Å². The van der Waals surface area contributed by atoms with Crippen LogP contribution in [-0.4, -0.2) is 33.1 Å². The standard InChI is InChI=1S/C8H18O3SSi/c1-5-10-13(4,11-6-2)7-9-8(3)12/h5-7H2,1-4H3. The van der Waals surface area contributed by atoms with Crippen LogP contribution in [0.3, 0.4) is 0 Å². The summed E-state index contributed by atoms with van der Waals surface area (Å²) in [6, 6.07) is 0. The number of thiocarbonyl (C=S) groups is 1. The highest BCUT2D eigenvalue weighted by molar-refractivity contribution is 7.80. The minimum Gasteiger partial charge on any atom is -0.485 e. The largest absolute Gasteiger partial charge is 0.485 e. The van der Waals surface area contributed by atoms with Crippen molar-refractivity contribution in [3.8, 4) is 0 Å². The highest BCUT2D eigenvalue weighted by Crippen LogP contribution is 2.07. The summed E-state index contributed by atoms with van der Waals surface area (Å²) in [5.74, 6) is 0. The second-order valence-corrected chi connectivity index (χ2v) is 6.49. The van der Waals surface area contributed by atoms with Gasteiger partial charge in [0, 0.05) is 20.1 Å². The molecule has 0 aliphatic heterocycles. The van der Waals surface area contributed by atoms with Gasteiger partial charge in [-0.15, -0.1) is 0 Å². The molecule has 0 aromatic carbocycles. The SMILES string of the molecule is CCO[Si](C)(COC(C)=S)OCC. The van der Waals surface area contributed by atoms with Gasteiger partial charge in [-0.2, -0.15) is 0 Å². The van der Waals surface area contributed by atoms with Crippen molar-refractivity contribution >= 4 is 25.8 Å². The molecule has 0 aromatic rings. The van der Waals surface area contributed by atoms with E-state index in [2.05, 4.69) is 0 Å². The van der Waals surface area contributed by atoms with Gasteiger partial charge in [-0.1, -0.05) is 0 Å². The Hall–Kier alpha value is 0.0269. The molecule has 0 unspecified atom stereocenters. The first-order valence-electron chi connectivity index (χ1n) is 4.45. The van der Waals surface area contributed by atoms with E-state index in [-0.39, 0.29) is 0 Å². The zero-order chi connectivity index (χ0) is 10.3. The zero-order valence-corrected chi connectivity index (χ0v) is 10.6.